The predicted molar refractivity (Wildman–Crippen MR) is 94.7 cm³/mol. The zero-order valence-electron chi connectivity index (χ0n) is 13.8. The number of hydrogen-bond donors (Lipinski definition) is 0. The largest absolute Gasteiger partial charge is 0.486 e. The van der Waals surface area contributed by atoms with Gasteiger partial charge < -0.3 is 14.0 Å². The van der Waals surface area contributed by atoms with Gasteiger partial charge in [0.05, 0.1) is 0 Å². The molecule has 0 amide bonds. The maximum absolute atomic E-state index is 12.7. The molecule has 1 aliphatic rings. The fourth-order valence-corrected chi connectivity index (χ4v) is 3.09. The van der Waals surface area contributed by atoms with Gasteiger partial charge in [-0.05, 0) is 41.3 Å². The van der Waals surface area contributed by atoms with Crippen molar-refractivity contribution >= 4 is 16.6 Å². The van der Waals surface area contributed by atoms with Crippen LogP contribution < -0.4 is 15.0 Å². The minimum absolute atomic E-state index is 0.0230. The Hall–Kier alpha value is -3.08. The maximum atomic E-state index is 12.7. The minimum atomic E-state index is -0.0638. The second-order valence-corrected chi connectivity index (χ2v) is 6.07. The van der Waals surface area contributed by atoms with Gasteiger partial charge in [0.25, 0.3) is 5.56 Å². The van der Waals surface area contributed by atoms with Crippen molar-refractivity contribution in [3.05, 3.63) is 70.1 Å². The van der Waals surface area contributed by atoms with Gasteiger partial charge >= 0.3 is 0 Å². The van der Waals surface area contributed by atoms with Crippen LogP contribution in [0, 0.1) is 0 Å². The minimum Gasteiger partial charge on any atom is -0.486 e. The van der Waals surface area contributed by atoms with Crippen LogP contribution in [-0.4, -0.2) is 23.6 Å². The zero-order chi connectivity index (χ0) is 17.4. The SMILES string of the molecule is Cn1ccc2c(CC(=O)c3ccc4c(c3)OCCO4)cccc2c1=O. The van der Waals surface area contributed by atoms with Gasteiger partial charge in [0.1, 0.15) is 13.2 Å². The van der Waals surface area contributed by atoms with Crippen LogP contribution in [0.1, 0.15) is 15.9 Å². The number of hydrogen-bond acceptors (Lipinski definition) is 4. The van der Waals surface area contributed by atoms with Crippen LogP contribution in [0.3, 0.4) is 0 Å². The van der Waals surface area contributed by atoms with E-state index in [0.717, 1.165) is 10.9 Å². The molecule has 0 radical (unpaired) electrons. The third-order valence-corrected chi connectivity index (χ3v) is 4.43. The number of rotatable bonds is 3. The summed E-state index contributed by atoms with van der Waals surface area (Å²) in [5.41, 5.74) is 1.35. The molecule has 5 nitrogen and oxygen atoms in total. The number of benzene rings is 2. The van der Waals surface area contributed by atoms with Crippen molar-refractivity contribution in [2.45, 2.75) is 6.42 Å². The molecule has 2 aromatic carbocycles. The highest BCUT2D eigenvalue weighted by Gasteiger charge is 2.16. The Labute approximate surface area is 144 Å². The van der Waals surface area contributed by atoms with E-state index in [2.05, 4.69) is 0 Å². The predicted octanol–water partition coefficient (Wildman–Crippen LogP) is 2.74. The number of Topliss-reactive ketones (excluding diaryl/α,β-unsaturated/α-hetero) is 1. The first-order valence-corrected chi connectivity index (χ1v) is 8.13. The molecular formula is C20H17NO4. The first-order chi connectivity index (χ1) is 12.1. The highest BCUT2D eigenvalue weighted by molar-refractivity contribution is 6.00. The molecule has 2 heterocycles. The topological polar surface area (TPSA) is 57.5 Å². The molecule has 0 bridgehead atoms. The van der Waals surface area contributed by atoms with E-state index >= 15 is 0 Å². The van der Waals surface area contributed by atoms with E-state index in [9.17, 15) is 9.59 Å². The maximum Gasteiger partial charge on any atom is 0.258 e. The Balaban J connectivity index is 1.68. The summed E-state index contributed by atoms with van der Waals surface area (Å²) in [7, 11) is 1.72. The molecule has 3 aromatic rings. The molecule has 126 valence electrons. The first kappa shape index (κ1) is 15.4. The Bertz CT molecular complexity index is 1040. The Kier molecular flexibility index (Phi) is 3.76. The average molecular weight is 335 g/mol. The normalized spacial score (nSPS) is 13.0. The van der Waals surface area contributed by atoms with Crippen molar-refractivity contribution in [2.24, 2.45) is 7.05 Å². The van der Waals surface area contributed by atoms with E-state index in [-0.39, 0.29) is 17.8 Å². The molecule has 25 heavy (non-hydrogen) atoms. The molecule has 0 atom stereocenters. The summed E-state index contributed by atoms with van der Waals surface area (Å²) in [6.07, 6.45) is 1.95. The molecule has 0 N–H and O–H groups in total. The van der Waals surface area contributed by atoms with E-state index in [4.69, 9.17) is 9.47 Å². The lowest BCUT2D eigenvalue weighted by Gasteiger charge is -2.18. The lowest BCUT2D eigenvalue weighted by molar-refractivity contribution is 0.0992. The number of carbonyl (C=O) groups excluding carboxylic acids is 1. The molecule has 0 spiro atoms. The van der Waals surface area contributed by atoms with Crippen molar-refractivity contribution in [3.63, 3.8) is 0 Å². The monoisotopic (exact) mass is 335 g/mol. The first-order valence-electron chi connectivity index (χ1n) is 8.13. The number of fused-ring (bicyclic) bond motifs is 2. The van der Waals surface area contributed by atoms with Gasteiger partial charge in [-0.15, -0.1) is 0 Å². The third-order valence-electron chi connectivity index (χ3n) is 4.43. The summed E-state index contributed by atoms with van der Waals surface area (Å²) in [6, 6.07) is 12.6. The standard InChI is InChI=1S/C20H17NO4/c1-21-8-7-15-13(3-2-4-16(15)20(21)23)11-17(22)14-5-6-18-19(12-14)25-10-9-24-18/h2-8,12H,9-11H2,1H3. The van der Waals surface area contributed by atoms with Crippen LogP contribution in [0.5, 0.6) is 11.5 Å². The van der Waals surface area contributed by atoms with Gasteiger partial charge in [-0.2, -0.15) is 0 Å². The third kappa shape index (κ3) is 2.78. The molecule has 1 aliphatic heterocycles. The van der Waals surface area contributed by atoms with Gasteiger partial charge in [0.15, 0.2) is 17.3 Å². The van der Waals surface area contributed by atoms with Crippen molar-refractivity contribution < 1.29 is 14.3 Å². The average Bonchev–Trinajstić information content (AvgIpc) is 2.64. The lowest BCUT2D eigenvalue weighted by atomic mass is 9.98. The Morgan fingerprint density at radius 2 is 1.84 bits per heavy atom. The van der Waals surface area contributed by atoms with Crippen LogP contribution in [0.2, 0.25) is 0 Å². The Morgan fingerprint density at radius 3 is 2.68 bits per heavy atom. The summed E-state index contributed by atoms with van der Waals surface area (Å²) >= 11 is 0. The second-order valence-electron chi connectivity index (χ2n) is 6.07. The van der Waals surface area contributed by atoms with Gasteiger partial charge in [-0.3, -0.25) is 9.59 Å². The lowest BCUT2D eigenvalue weighted by Crippen LogP contribution is -2.17. The quantitative estimate of drug-likeness (QED) is 0.691. The summed E-state index contributed by atoms with van der Waals surface area (Å²) in [4.78, 5) is 25.0. The molecule has 4 rings (SSSR count). The molecule has 0 saturated heterocycles. The number of carbonyl (C=O) groups is 1. The van der Waals surface area contributed by atoms with Crippen molar-refractivity contribution in [3.8, 4) is 11.5 Å². The smallest absolute Gasteiger partial charge is 0.258 e. The van der Waals surface area contributed by atoms with Crippen LogP contribution in [0.4, 0.5) is 0 Å². The molecule has 0 saturated carbocycles. The number of ether oxygens (including phenoxy) is 2. The highest BCUT2D eigenvalue weighted by Crippen LogP contribution is 2.31. The van der Waals surface area contributed by atoms with Crippen LogP contribution in [0.15, 0.2) is 53.5 Å². The fourth-order valence-electron chi connectivity index (χ4n) is 3.09. The molecule has 5 heteroatoms. The Morgan fingerprint density at radius 1 is 1.04 bits per heavy atom. The molecule has 0 aliphatic carbocycles. The summed E-state index contributed by atoms with van der Waals surface area (Å²) in [5, 5.41) is 1.44. The summed E-state index contributed by atoms with van der Waals surface area (Å²) < 4.78 is 12.6. The molecule has 1 aromatic heterocycles. The fraction of sp³-hybridized carbons (Fsp3) is 0.200. The van der Waals surface area contributed by atoms with Gasteiger partial charge in [-0.25, -0.2) is 0 Å². The van der Waals surface area contributed by atoms with Crippen molar-refractivity contribution in [1.82, 2.24) is 4.57 Å². The van der Waals surface area contributed by atoms with E-state index in [1.807, 2.05) is 18.2 Å². The molecular weight excluding hydrogens is 318 g/mol. The van der Waals surface area contributed by atoms with Gasteiger partial charge in [0.2, 0.25) is 0 Å². The summed E-state index contributed by atoms with van der Waals surface area (Å²) in [6.45, 7) is 1.00. The molecule has 0 unspecified atom stereocenters. The number of nitrogens with zero attached hydrogens (tertiary/aromatic N) is 1. The summed E-state index contributed by atoms with van der Waals surface area (Å²) in [5.74, 6) is 1.24. The van der Waals surface area contributed by atoms with Crippen molar-refractivity contribution in [2.75, 3.05) is 13.2 Å². The van der Waals surface area contributed by atoms with Crippen LogP contribution in [-0.2, 0) is 13.5 Å². The van der Waals surface area contributed by atoms with E-state index < -0.39 is 0 Å². The van der Waals surface area contributed by atoms with E-state index in [0.29, 0.717) is 35.7 Å². The van der Waals surface area contributed by atoms with Crippen LogP contribution in [0.25, 0.3) is 10.8 Å². The number of aryl methyl sites for hydroxylation is 1. The van der Waals surface area contributed by atoms with E-state index in [1.165, 1.54) is 4.57 Å². The van der Waals surface area contributed by atoms with E-state index in [1.54, 1.807) is 37.5 Å². The second kappa shape index (κ2) is 6.09. The van der Waals surface area contributed by atoms with Crippen molar-refractivity contribution in [1.29, 1.82) is 0 Å². The van der Waals surface area contributed by atoms with Gasteiger partial charge in [0, 0.05) is 30.6 Å². The van der Waals surface area contributed by atoms with Gasteiger partial charge in [-0.1, -0.05) is 12.1 Å². The number of aromatic nitrogens is 1. The van der Waals surface area contributed by atoms with Crippen LogP contribution >= 0.6 is 0 Å². The number of ketones is 1. The number of pyridine rings is 1. The highest BCUT2D eigenvalue weighted by atomic mass is 16.6. The zero-order valence-corrected chi connectivity index (χ0v) is 13.8. The molecule has 0 fully saturated rings.